The summed E-state index contributed by atoms with van der Waals surface area (Å²) in [5, 5.41) is 14.3. The SMILES string of the molecule is C=CCOC(=O)C1=C(C)NC(SCc2ccccc2)=C(C#N)C1c1ccc(OCc2ccccc2)c(OC)c1. The van der Waals surface area contributed by atoms with Crippen molar-refractivity contribution >= 4 is 17.7 Å². The molecule has 1 N–H and O–H groups in total. The van der Waals surface area contributed by atoms with Crippen molar-refractivity contribution in [3.05, 3.63) is 130 Å². The molecule has 198 valence electrons. The zero-order chi connectivity index (χ0) is 27.6. The van der Waals surface area contributed by atoms with Gasteiger partial charge < -0.3 is 19.5 Å². The second kappa shape index (κ2) is 13.4. The number of rotatable bonds is 11. The first-order valence-corrected chi connectivity index (χ1v) is 13.5. The van der Waals surface area contributed by atoms with E-state index in [2.05, 4.69) is 18.0 Å². The molecule has 0 saturated heterocycles. The minimum Gasteiger partial charge on any atom is -0.493 e. The van der Waals surface area contributed by atoms with E-state index in [1.54, 1.807) is 7.11 Å². The molecule has 1 aliphatic heterocycles. The summed E-state index contributed by atoms with van der Waals surface area (Å²) in [4.78, 5) is 13.2. The molecule has 7 heteroatoms. The van der Waals surface area contributed by atoms with Crippen molar-refractivity contribution in [2.75, 3.05) is 13.7 Å². The Balaban J connectivity index is 1.71. The first kappa shape index (κ1) is 27.6. The maximum atomic E-state index is 13.2. The van der Waals surface area contributed by atoms with Gasteiger partial charge in [0.25, 0.3) is 0 Å². The van der Waals surface area contributed by atoms with Gasteiger partial charge in [-0.25, -0.2) is 4.79 Å². The molecule has 1 atom stereocenters. The van der Waals surface area contributed by atoms with Crippen molar-refractivity contribution < 1.29 is 19.0 Å². The van der Waals surface area contributed by atoms with Gasteiger partial charge in [-0.15, -0.1) is 11.8 Å². The van der Waals surface area contributed by atoms with Crippen LogP contribution in [0, 0.1) is 11.3 Å². The Kier molecular flexibility index (Phi) is 9.49. The fourth-order valence-electron chi connectivity index (χ4n) is 4.29. The molecule has 6 nitrogen and oxygen atoms in total. The smallest absolute Gasteiger partial charge is 0.337 e. The minimum atomic E-state index is -0.649. The third kappa shape index (κ3) is 6.73. The number of hydrogen-bond donors (Lipinski definition) is 1. The molecule has 4 rings (SSSR count). The van der Waals surface area contributed by atoms with E-state index >= 15 is 0 Å². The molecule has 0 radical (unpaired) electrons. The van der Waals surface area contributed by atoms with Crippen molar-refractivity contribution in [1.82, 2.24) is 5.32 Å². The molecule has 3 aromatic rings. The van der Waals surface area contributed by atoms with Crippen molar-refractivity contribution in [3.8, 4) is 17.6 Å². The predicted molar refractivity (Wildman–Crippen MR) is 154 cm³/mol. The lowest BCUT2D eigenvalue weighted by Crippen LogP contribution is -2.29. The number of thioether (sulfide) groups is 1. The van der Waals surface area contributed by atoms with E-state index in [-0.39, 0.29) is 6.61 Å². The van der Waals surface area contributed by atoms with E-state index in [9.17, 15) is 10.1 Å². The number of nitrogens with one attached hydrogen (secondary N) is 1. The monoisotopic (exact) mass is 538 g/mol. The number of ether oxygens (including phenoxy) is 3. The maximum Gasteiger partial charge on any atom is 0.337 e. The van der Waals surface area contributed by atoms with Gasteiger partial charge in [0.1, 0.15) is 13.2 Å². The maximum absolute atomic E-state index is 13.2. The average Bonchev–Trinajstić information content (AvgIpc) is 2.98. The molecular weight excluding hydrogens is 508 g/mol. The molecule has 0 bridgehead atoms. The summed E-state index contributed by atoms with van der Waals surface area (Å²) >= 11 is 1.52. The van der Waals surface area contributed by atoms with Crippen molar-refractivity contribution in [2.45, 2.75) is 25.2 Å². The van der Waals surface area contributed by atoms with Crippen molar-refractivity contribution in [2.24, 2.45) is 0 Å². The molecule has 0 aliphatic carbocycles. The quantitative estimate of drug-likeness (QED) is 0.217. The van der Waals surface area contributed by atoms with Crippen LogP contribution in [0.25, 0.3) is 0 Å². The van der Waals surface area contributed by atoms with Gasteiger partial charge in [0.05, 0.1) is 35.3 Å². The molecule has 1 unspecified atom stereocenters. The Hall–Kier alpha value is -4.41. The Morgan fingerprint density at radius 3 is 2.38 bits per heavy atom. The second-order valence-corrected chi connectivity index (χ2v) is 9.78. The zero-order valence-electron chi connectivity index (χ0n) is 22.0. The van der Waals surface area contributed by atoms with E-state index in [1.165, 1.54) is 17.8 Å². The van der Waals surface area contributed by atoms with Crippen LogP contribution in [-0.2, 0) is 21.9 Å². The number of methoxy groups -OCH3 is 1. The highest BCUT2D eigenvalue weighted by Gasteiger charge is 2.36. The number of benzene rings is 3. The van der Waals surface area contributed by atoms with Gasteiger partial charge >= 0.3 is 5.97 Å². The second-order valence-electron chi connectivity index (χ2n) is 8.80. The highest BCUT2D eigenvalue weighted by atomic mass is 32.2. The zero-order valence-corrected chi connectivity index (χ0v) is 22.8. The standard InChI is InChI=1S/C32H30N2O4S/c1-4-17-37-32(35)29-22(2)34-31(39-21-24-13-9-6-10-14-24)26(19-33)30(29)25-15-16-27(28(18-25)36-3)38-20-23-11-7-5-8-12-23/h4-16,18,30,34H,1,17,20-21H2,2-3H3. The summed E-state index contributed by atoms with van der Waals surface area (Å²) in [6.45, 7) is 5.91. The molecule has 0 saturated carbocycles. The van der Waals surface area contributed by atoms with Gasteiger partial charge in [0.2, 0.25) is 0 Å². The average molecular weight is 539 g/mol. The Bertz CT molecular complexity index is 1430. The predicted octanol–water partition coefficient (Wildman–Crippen LogP) is 6.63. The van der Waals surface area contributed by atoms with E-state index in [4.69, 9.17) is 14.2 Å². The van der Waals surface area contributed by atoms with Crippen LogP contribution in [0.3, 0.4) is 0 Å². The van der Waals surface area contributed by atoms with Gasteiger partial charge in [-0.2, -0.15) is 5.26 Å². The highest BCUT2D eigenvalue weighted by Crippen LogP contribution is 2.43. The van der Waals surface area contributed by atoms with Gasteiger partial charge in [0, 0.05) is 11.4 Å². The highest BCUT2D eigenvalue weighted by molar-refractivity contribution is 8.02. The lowest BCUT2D eigenvalue weighted by molar-refractivity contribution is -0.138. The summed E-state index contributed by atoms with van der Waals surface area (Å²) in [6.07, 6.45) is 1.52. The largest absolute Gasteiger partial charge is 0.493 e. The third-order valence-electron chi connectivity index (χ3n) is 6.18. The number of dihydropyridines is 1. The molecule has 3 aromatic carbocycles. The van der Waals surface area contributed by atoms with Crippen LogP contribution in [0.5, 0.6) is 11.5 Å². The van der Waals surface area contributed by atoms with Crippen LogP contribution in [0.2, 0.25) is 0 Å². The van der Waals surface area contributed by atoms with Crippen molar-refractivity contribution in [1.29, 1.82) is 5.26 Å². The molecule has 0 aromatic heterocycles. The van der Waals surface area contributed by atoms with Gasteiger partial charge in [-0.1, -0.05) is 79.4 Å². The van der Waals surface area contributed by atoms with E-state index in [0.29, 0.717) is 45.7 Å². The Morgan fingerprint density at radius 1 is 1.05 bits per heavy atom. The van der Waals surface area contributed by atoms with Crippen LogP contribution in [0.15, 0.2) is 113 Å². The summed E-state index contributed by atoms with van der Waals surface area (Å²) < 4.78 is 17.1. The minimum absolute atomic E-state index is 0.0686. The van der Waals surface area contributed by atoms with E-state index < -0.39 is 11.9 Å². The summed E-state index contributed by atoms with van der Waals surface area (Å²) in [5.41, 5.74) is 4.32. The van der Waals surface area contributed by atoms with Gasteiger partial charge in [0.15, 0.2) is 11.5 Å². The lowest BCUT2D eigenvalue weighted by atomic mass is 9.82. The summed E-state index contributed by atoms with van der Waals surface area (Å²) in [6, 6.07) is 27.7. The molecule has 1 aliphatic rings. The molecular formula is C32H30N2O4S. The van der Waals surface area contributed by atoms with E-state index in [1.807, 2.05) is 85.8 Å². The fraction of sp³-hybridized carbons (Fsp3) is 0.188. The Morgan fingerprint density at radius 2 is 1.74 bits per heavy atom. The number of carbonyl (C=O) groups excluding carboxylic acids is 1. The number of carbonyl (C=O) groups is 1. The van der Waals surface area contributed by atoms with Crippen LogP contribution in [0.1, 0.15) is 29.5 Å². The molecule has 0 spiro atoms. The normalized spacial score (nSPS) is 14.7. The lowest BCUT2D eigenvalue weighted by Gasteiger charge is -2.29. The Labute approximate surface area is 233 Å². The summed E-state index contributed by atoms with van der Waals surface area (Å²) in [7, 11) is 1.57. The first-order valence-electron chi connectivity index (χ1n) is 12.5. The number of nitriles is 1. The number of allylic oxidation sites excluding steroid dienone is 2. The number of esters is 1. The number of hydrogen-bond acceptors (Lipinski definition) is 7. The molecule has 0 fully saturated rings. The fourth-order valence-corrected chi connectivity index (χ4v) is 5.34. The summed E-state index contributed by atoms with van der Waals surface area (Å²) in [5.74, 6) is 0.586. The van der Waals surface area contributed by atoms with Gasteiger partial charge in [-0.05, 0) is 35.7 Å². The van der Waals surface area contributed by atoms with Crippen LogP contribution >= 0.6 is 11.8 Å². The molecule has 1 heterocycles. The third-order valence-corrected chi connectivity index (χ3v) is 7.27. The van der Waals surface area contributed by atoms with Gasteiger partial charge in [-0.3, -0.25) is 0 Å². The molecule has 0 amide bonds. The van der Waals surface area contributed by atoms with Crippen LogP contribution in [0.4, 0.5) is 0 Å². The first-order chi connectivity index (χ1) is 19.0. The van der Waals surface area contributed by atoms with Crippen molar-refractivity contribution in [3.63, 3.8) is 0 Å². The topological polar surface area (TPSA) is 80.6 Å². The number of nitrogens with zero attached hydrogens (tertiary/aromatic N) is 1. The van der Waals surface area contributed by atoms with E-state index in [0.717, 1.165) is 16.7 Å². The molecule has 39 heavy (non-hydrogen) atoms. The van der Waals surface area contributed by atoms with Crippen LogP contribution < -0.4 is 14.8 Å². The van der Waals surface area contributed by atoms with Crippen LogP contribution in [-0.4, -0.2) is 19.7 Å².